The van der Waals surface area contributed by atoms with Gasteiger partial charge in [0, 0.05) is 37.3 Å². The number of tetrazole rings is 1. The van der Waals surface area contributed by atoms with Crippen molar-refractivity contribution >= 4 is 12.0 Å². The summed E-state index contributed by atoms with van der Waals surface area (Å²) in [6.07, 6.45) is -0.339. The molecule has 0 radical (unpaired) electrons. The van der Waals surface area contributed by atoms with Crippen molar-refractivity contribution in [3.63, 3.8) is 0 Å². The van der Waals surface area contributed by atoms with Gasteiger partial charge in [0.05, 0.1) is 0 Å². The van der Waals surface area contributed by atoms with Crippen molar-refractivity contribution in [3.05, 3.63) is 29.8 Å². The van der Waals surface area contributed by atoms with Gasteiger partial charge in [0.15, 0.2) is 0 Å². The summed E-state index contributed by atoms with van der Waals surface area (Å²) in [6.45, 7) is 7.38. The molecule has 26 heavy (non-hydrogen) atoms. The molecule has 2 amide bonds. The lowest BCUT2D eigenvalue weighted by atomic mass is 10.1. The molecule has 1 saturated heterocycles. The van der Waals surface area contributed by atoms with Crippen molar-refractivity contribution < 1.29 is 14.3 Å². The number of piperazine rings is 1. The summed E-state index contributed by atoms with van der Waals surface area (Å²) < 4.78 is 5.37. The van der Waals surface area contributed by atoms with E-state index in [0.717, 1.165) is 5.56 Å². The Morgan fingerprint density at radius 2 is 1.65 bits per heavy atom. The number of aromatic amines is 1. The zero-order valence-corrected chi connectivity index (χ0v) is 15.1. The Morgan fingerprint density at radius 3 is 2.19 bits per heavy atom. The van der Waals surface area contributed by atoms with Crippen LogP contribution in [-0.2, 0) is 4.74 Å². The monoisotopic (exact) mass is 358 g/mol. The summed E-state index contributed by atoms with van der Waals surface area (Å²) in [7, 11) is 0. The van der Waals surface area contributed by atoms with Crippen LogP contribution in [0, 0.1) is 0 Å². The van der Waals surface area contributed by atoms with E-state index in [1.54, 1.807) is 34.1 Å². The molecule has 0 saturated carbocycles. The predicted octanol–water partition coefficient (Wildman–Crippen LogP) is 1.56. The molecule has 1 fully saturated rings. The third-order valence-corrected chi connectivity index (χ3v) is 3.95. The number of nitrogens with zero attached hydrogens (tertiary/aromatic N) is 5. The highest BCUT2D eigenvalue weighted by Crippen LogP contribution is 2.17. The lowest BCUT2D eigenvalue weighted by Gasteiger charge is -2.35. The van der Waals surface area contributed by atoms with E-state index in [4.69, 9.17) is 4.74 Å². The van der Waals surface area contributed by atoms with Gasteiger partial charge in [-0.25, -0.2) is 4.79 Å². The minimum Gasteiger partial charge on any atom is -0.444 e. The number of ether oxygens (including phenoxy) is 1. The van der Waals surface area contributed by atoms with Gasteiger partial charge in [-0.2, -0.15) is 5.21 Å². The predicted molar refractivity (Wildman–Crippen MR) is 93.3 cm³/mol. The number of rotatable bonds is 2. The number of aromatic nitrogens is 4. The van der Waals surface area contributed by atoms with E-state index in [2.05, 4.69) is 20.6 Å². The molecule has 1 aromatic carbocycles. The first kappa shape index (κ1) is 17.8. The highest BCUT2D eigenvalue weighted by Gasteiger charge is 2.28. The van der Waals surface area contributed by atoms with Crippen molar-refractivity contribution in [2.75, 3.05) is 26.2 Å². The largest absolute Gasteiger partial charge is 0.444 e. The van der Waals surface area contributed by atoms with E-state index in [9.17, 15) is 9.59 Å². The Morgan fingerprint density at radius 1 is 1.04 bits per heavy atom. The van der Waals surface area contributed by atoms with Gasteiger partial charge < -0.3 is 14.5 Å². The molecule has 1 N–H and O–H groups in total. The highest BCUT2D eigenvalue weighted by molar-refractivity contribution is 5.94. The molecule has 9 heteroatoms. The van der Waals surface area contributed by atoms with Gasteiger partial charge >= 0.3 is 6.09 Å². The second-order valence-corrected chi connectivity index (χ2v) is 7.07. The van der Waals surface area contributed by atoms with Gasteiger partial charge in [-0.15, -0.1) is 10.2 Å². The van der Waals surface area contributed by atoms with Crippen LogP contribution in [0.2, 0.25) is 0 Å². The molecule has 0 spiro atoms. The first-order valence-electron chi connectivity index (χ1n) is 8.44. The fourth-order valence-corrected chi connectivity index (χ4v) is 2.65. The van der Waals surface area contributed by atoms with E-state index in [1.165, 1.54) is 0 Å². The zero-order chi connectivity index (χ0) is 18.7. The first-order chi connectivity index (χ1) is 12.3. The van der Waals surface area contributed by atoms with Crippen LogP contribution in [0.15, 0.2) is 24.3 Å². The van der Waals surface area contributed by atoms with Gasteiger partial charge in [-0.1, -0.05) is 12.1 Å². The van der Waals surface area contributed by atoms with Crippen molar-refractivity contribution in [1.82, 2.24) is 30.4 Å². The van der Waals surface area contributed by atoms with Gasteiger partial charge in [0.2, 0.25) is 5.82 Å². The Balaban J connectivity index is 1.57. The van der Waals surface area contributed by atoms with Gasteiger partial charge in [0.1, 0.15) is 5.60 Å². The van der Waals surface area contributed by atoms with Crippen molar-refractivity contribution in [2.45, 2.75) is 26.4 Å². The van der Waals surface area contributed by atoms with Crippen LogP contribution in [0.4, 0.5) is 4.79 Å². The third kappa shape index (κ3) is 4.16. The second kappa shape index (κ2) is 7.11. The topological polar surface area (TPSA) is 104 Å². The Kier molecular flexibility index (Phi) is 4.88. The summed E-state index contributed by atoms with van der Waals surface area (Å²) in [5, 5.41) is 13.7. The molecule has 0 unspecified atom stereocenters. The van der Waals surface area contributed by atoms with Crippen molar-refractivity contribution in [1.29, 1.82) is 0 Å². The number of hydrogen-bond donors (Lipinski definition) is 1. The number of nitrogens with one attached hydrogen (secondary N) is 1. The number of hydrogen-bond acceptors (Lipinski definition) is 6. The molecule has 0 aliphatic carbocycles. The molecule has 1 aromatic heterocycles. The van der Waals surface area contributed by atoms with Crippen LogP contribution in [0.3, 0.4) is 0 Å². The fourth-order valence-electron chi connectivity index (χ4n) is 2.65. The van der Waals surface area contributed by atoms with E-state index in [-0.39, 0.29) is 12.0 Å². The lowest BCUT2D eigenvalue weighted by Crippen LogP contribution is -2.51. The lowest BCUT2D eigenvalue weighted by molar-refractivity contribution is 0.0141. The van der Waals surface area contributed by atoms with Crippen LogP contribution >= 0.6 is 0 Å². The molecule has 0 bridgehead atoms. The van der Waals surface area contributed by atoms with Gasteiger partial charge in [0.25, 0.3) is 5.91 Å². The normalized spacial score (nSPS) is 15.0. The summed E-state index contributed by atoms with van der Waals surface area (Å²) in [5.41, 5.74) is 0.845. The maximum Gasteiger partial charge on any atom is 0.410 e. The van der Waals surface area contributed by atoms with Crippen LogP contribution < -0.4 is 0 Å². The average molecular weight is 358 g/mol. The number of H-pyrrole nitrogens is 1. The summed E-state index contributed by atoms with van der Waals surface area (Å²) in [5.74, 6) is 0.420. The fraction of sp³-hybridized carbons (Fsp3) is 0.471. The molecule has 9 nitrogen and oxygen atoms in total. The van der Waals surface area contributed by atoms with Gasteiger partial charge in [-0.3, -0.25) is 4.79 Å². The molecular formula is C17H22N6O3. The number of benzene rings is 1. The van der Waals surface area contributed by atoms with Crippen LogP contribution in [0.5, 0.6) is 0 Å². The summed E-state index contributed by atoms with van der Waals surface area (Å²) in [4.78, 5) is 28.1. The van der Waals surface area contributed by atoms with E-state index >= 15 is 0 Å². The summed E-state index contributed by atoms with van der Waals surface area (Å²) in [6, 6.07) is 7.06. The number of carbonyl (C=O) groups excluding carboxylic acids is 2. The first-order valence-corrected chi connectivity index (χ1v) is 8.44. The van der Waals surface area contributed by atoms with Crippen LogP contribution in [0.1, 0.15) is 31.1 Å². The van der Waals surface area contributed by atoms with Gasteiger partial charge in [-0.05, 0) is 38.1 Å². The minimum absolute atomic E-state index is 0.0616. The minimum atomic E-state index is -0.523. The van der Waals surface area contributed by atoms with Crippen LogP contribution in [0.25, 0.3) is 11.4 Å². The Labute approximate surface area is 151 Å². The molecule has 0 atom stereocenters. The Bertz CT molecular complexity index is 759. The molecule has 2 heterocycles. The van der Waals surface area contributed by atoms with Crippen molar-refractivity contribution in [3.8, 4) is 11.4 Å². The molecule has 3 rings (SSSR count). The molecule has 1 aliphatic rings. The van der Waals surface area contributed by atoms with Crippen molar-refractivity contribution in [2.24, 2.45) is 0 Å². The smallest absolute Gasteiger partial charge is 0.410 e. The molecule has 138 valence electrons. The Hall–Kier alpha value is -2.97. The van der Waals surface area contributed by atoms with E-state index in [0.29, 0.717) is 37.6 Å². The standard InChI is InChI=1S/C17H22N6O3/c1-17(2,3)26-16(25)23-10-8-22(9-11-23)15(24)13-6-4-12(5-7-13)14-18-20-21-19-14/h4-7H,8-11H2,1-3H3,(H,18,19,20,21). The quantitative estimate of drug-likeness (QED) is 0.873. The molecular weight excluding hydrogens is 336 g/mol. The SMILES string of the molecule is CC(C)(C)OC(=O)N1CCN(C(=O)c2ccc(-c3nn[nH]n3)cc2)CC1. The second-order valence-electron chi connectivity index (χ2n) is 7.07. The molecule has 1 aliphatic heterocycles. The number of carbonyl (C=O) groups is 2. The van der Waals surface area contributed by atoms with E-state index in [1.807, 2.05) is 20.8 Å². The third-order valence-electron chi connectivity index (χ3n) is 3.95. The number of amides is 2. The zero-order valence-electron chi connectivity index (χ0n) is 15.1. The summed E-state index contributed by atoms with van der Waals surface area (Å²) >= 11 is 0. The van der Waals surface area contributed by atoms with E-state index < -0.39 is 5.60 Å². The maximum absolute atomic E-state index is 12.6. The molecule has 2 aromatic rings. The highest BCUT2D eigenvalue weighted by atomic mass is 16.6. The van der Waals surface area contributed by atoms with Crippen LogP contribution in [-0.4, -0.2) is 74.2 Å². The maximum atomic E-state index is 12.6. The average Bonchev–Trinajstić information content (AvgIpc) is 3.14.